The minimum Gasteiger partial charge on any atom is -0.369 e. The van der Waals surface area contributed by atoms with E-state index in [0.717, 1.165) is 43.3 Å². The molecule has 126 valence electrons. The molecule has 1 aliphatic rings. The summed E-state index contributed by atoms with van der Waals surface area (Å²) in [6.45, 7) is 4.22. The molecule has 0 saturated carbocycles. The Bertz CT molecular complexity index is 843. The first-order valence-electron chi connectivity index (χ1n) is 8.44. The van der Waals surface area contributed by atoms with Gasteiger partial charge in [-0.1, -0.05) is 6.07 Å². The van der Waals surface area contributed by atoms with Crippen LogP contribution in [0.15, 0.2) is 55.0 Å². The Balaban J connectivity index is 1.63. The Kier molecular flexibility index (Phi) is 4.35. The highest BCUT2D eigenvalue weighted by Crippen LogP contribution is 2.23. The van der Waals surface area contributed by atoms with Gasteiger partial charge in [-0.3, -0.25) is 9.97 Å². The maximum absolute atomic E-state index is 4.65. The lowest BCUT2D eigenvalue weighted by molar-refractivity contribution is 0.313. The summed E-state index contributed by atoms with van der Waals surface area (Å²) < 4.78 is 0. The second-order valence-electron chi connectivity index (χ2n) is 6.17. The summed E-state index contributed by atoms with van der Waals surface area (Å²) in [4.78, 5) is 22.6. The third-order valence-corrected chi connectivity index (χ3v) is 4.42. The first kappa shape index (κ1) is 15.7. The minimum absolute atomic E-state index is 0.616. The molecule has 0 bridgehead atoms. The van der Waals surface area contributed by atoms with Crippen molar-refractivity contribution in [2.75, 3.05) is 38.1 Å². The summed E-state index contributed by atoms with van der Waals surface area (Å²) in [5.41, 5.74) is 3.62. The number of hydrogen-bond donors (Lipinski definition) is 0. The number of likely N-dealkylation sites (N-methyl/N-ethyl adjacent to an activating group) is 1. The molecule has 0 unspecified atom stereocenters. The Morgan fingerprint density at radius 3 is 2.36 bits per heavy atom. The average molecular weight is 332 g/mol. The standard InChI is InChI=1S/C19H20N6/c1-24-10-12-25(13-11-24)15-5-8-21-18(14-15)16-6-9-22-19(23-16)17-4-2-3-7-20-17/h2-9,14H,10-13H2,1H3. The van der Waals surface area contributed by atoms with Gasteiger partial charge < -0.3 is 9.80 Å². The second kappa shape index (κ2) is 6.94. The second-order valence-corrected chi connectivity index (χ2v) is 6.17. The van der Waals surface area contributed by atoms with Crippen molar-refractivity contribution in [1.29, 1.82) is 0 Å². The molecule has 3 aromatic heterocycles. The highest BCUT2D eigenvalue weighted by Gasteiger charge is 2.15. The highest BCUT2D eigenvalue weighted by molar-refractivity contribution is 5.63. The van der Waals surface area contributed by atoms with Crippen molar-refractivity contribution in [2.45, 2.75) is 0 Å². The van der Waals surface area contributed by atoms with E-state index < -0.39 is 0 Å². The molecule has 0 radical (unpaired) electrons. The molecule has 0 aromatic carbocycles. The van der Waals surface area contributed by atoms with E-state index in [9.17, 15) is 0 Å². The third kappa shape index (κ3) is 3.49. The molecular formula is C19H20N6. The molecule has 6 nitrogen and oxygen atoms in total. The van der Waals surface area contributed by atoms with Crippen molar-refractivity contribution < 1.29 is 0 Å². The Morgan fingerprint density at radius 2 is 1.56 bits per heavy atom. The van der Waals surface area contributed by atoms with E-state index in [1.54, 1.807) is 12.4 Å². The van der Waals surface area contributed by atoms with Crippen LogP contribution >= 0.6 is 0 Å². The number of pyridine rings is 2. The molecule has 3 aromatic rings. The summed E-state index contributed by atoms with van der Waals surface area (Å²) in [6, 6.07) is 11.8. The van der Waals surface area contributed by atoms with Crippen molar-refractivity contribution in [3.8, 4) is 22.9 Å². The van der Waals surface area contributed by atoms with Crippen molar-refractivity contribution in [3.05, 3.63) is 55.0 Å². The largest absolute Gasteiger partial charge is 0.369 e. The van der Waals surface area contributed by atoms with Crippen LogP contribution in [0.3, 0.4) is 0 Å². The van der Waals surface area contributed by atoms with Crippen molar-refractivity contribution >= 4 is 5.69 Å². The maximum Gasteiger partial charge on any atom is 0.178 e. The fourth-order valence-corrected chi connectivity index (χ4v) is 2.94. The summed E-state index contributed by atoms with van der Waals surface area (Å²) in [5.74, 6) is 0.616. The van der Waals surface area contributed by atoms with E-state index in [4.69, 9.17) is 0 Å². The average Bonchev–Trinajstić information content (AvgIpc) is 2.69. The predicted octanol–water partition coefficient (Wildman–Crippen LogP) is 2.35. The molecule has 0 spiro atoms. The van der Waals surface area contributed by atoms with Crippen LogP contribution in [0.2, 0.25) is 0 Å². The van der Waals surface area contributed by atoms with E-state index in [-0.39, 0.29) is 0 Å². The lowest BCUT2D eigenvalue weighted by Crippen LogP contribution is -2.44. The first-order valence-corrected chi connectivity index (χ1v) is 8.44. The molecule has 4 heterocycles. The highest BCUT2D eigenvalue weighted by atomic mass is 15.2. The van der Waals surface area contributed by atoms with Gasteiger partial charge in [0.1, 0.15) is 5.69 Å². The van der Waals surface area contributed by atoms with Crippen LogP contribution in [0.5, 0.6) is 0 Å². The molecular weight excluding hydrogens is 312 g/mol. The van der Waals surface area contributed by atoms with Gasteiger partial charge in [-0.15, -0.1) is 0 Å². The molecule has 0 amide bonds. The topological polar surface area (TPSA) is 58.0 Å². The van der Waals surface area contributed by atoms with Gasteiger partial charge in [-0.05, 0) is 37.4 Å². The van der Waals surface area contributed by atoms with Gasteiger partial charge in [-0.25, -0.2) is 9.97 Å². The number of aromatic nitrogens is 4. The Labute approximate surface area is 147 Å². The molecule has 0 atom stereocenters. The van der Waals surface area contributed by atoms with Crippen LogP contribution < -0.4 is 4.90 Å². The van der Waals surface area contributed by atoms with E-state index in [2.05, 4.69) is 48.9 Å². The number of rotatable bonds is 3. The normalized spacial score (nSPS) is 15.3. The zero-order valence-corrected chi connectivity index (χ0v) is 14.2. The van der Waals surface area contributed by atoms with Crippen molar-refractivity contribution in [1.82, 2.24) is 24.8 Å². The van der Waals surface area contributed by atoms with Gasteiger partial charge in [0, 0.05) is 50.5 Å². The number of anilines is 1. The monoisotopic (exact) mass is 332 g/mol. The zero-order chi connectivity index (χ0) is 17.1. The van der Waals surface area contributed by atoms with Gasteiger partial charge in [0.05, 0.1) is 11.4 Å². The zero-order valence-electron chi connectivity index (χ0n) is 14.2. The lowest BCUT2D eigenvalue weighted by Gasteiger charge is -2.34. The van der Waals surface area contributed by atoms with Crippen molar-refractivity contribution in [3.63, 3.8) is 0 Å². The first-order chi connectivity index (χ1) is 12.3. The van der Waals surface area contributed by atoms with Crippen LogP contribution in [-0.2, 0) is 0 Å². The molecule has 1 saturated heterocycles. The van der Waals surface area contributed by atoms with E-state index in [1.807, 2.05) is 30.5 Å². The minimum atomic E-state index is 0.616. The molecule has 6 heteroatoms. The summed E-state index contributed by atoms with van der Waals surface area (Å²) >= 11 is 0. The van der Waals surface area contributed by atoms with E-state index in [1.165, 1.54) is 5.69 Å². The SMILES string of the molecule is CN1CCN(c2ccnc(-c3ccnc(-c4ccccn4)n3)c2)CC1. The summed E-state index contributed by atoms with van der Waals surface area (Å²) in [6.07, 6.45) is 5.36. The van der Waals surface area contributed by atoms with Crippen LogP contribution in [0.1, 0.15) is 0 Å². The lowest BCUT2D eigenvalue weighted by atomic mass is 10.2. The smallest absolute Gasteiger partial charge is 0.178 e. The number of nitrogens with zero attached hydrogens (tertiary/aromatic N) is 6. The number of hydrogen-bond acceptors (Lipinski definition) is 6. The fraction of sp³-hybridized carbons (Fsp3) is 0.263. The van der Waals surface area contributed by atoms with Crippen LogP contribution in [0.4, 0.5) is 5.69 Å². The molecule has 1 aliphatic heterocycles. The van der Waals surface area contributed by atoms with Gasteiger partial charge in [0.2, 0.25) is 0 Å². The third-order valence-electron chi connectivity index (χ3n) is 4.42. The molecule has 0 N–H and O–H groups in total. The molecule has 0 aliphatic carbocycles. The number of piperazine rings is 1. The summed E-state index contributed by atoms with van der Waals surface area (Å²) in [5, 5.41) is 0. The predicted molar refractivity (Wildman–Crippen MR) is 98.2 cm³/mol. The van der Waals surface area contributed by atoms with Crippen LogP contribution in [-0.4, -0.2) is 58.1 Å². The van der Waals surface area contributed by atoms with Crippen LogP contribution in [0, 0.1) is 0 Å². The quantitative estimate of drug-likeness (QED) is 0.734. The molecule has 25 heavy (non-hydrogen) atoms. The Hall–Kier alpha value is -2.86. The van der Waals surface area contributed by atoms with Crippen LogP contribution in [0.25, 0.3) is 22.9 Å². The van der Waals surface area contributed by atoms with Gasteiger partial charge in [0.25, 0.3) is 0 Å². The Morgan fingerprint density at radius 1 is 0.760 bits per heavy atom. The van der Waals surface area contributed by atoms with Gasteiger partial charge in [-0.2, -0.15) is 0 Å². The molecule has 4 rings (SSSR count). The maximum atomic E-state index is 4.65. The van der Waals surface area contributed by atoms with Crippen molar-refractivity contribution in [2.24, 2.45) is 0 Å². The molecule has 1 fully saturated rings. The fourth-order valence-electron chi connectivity index (χ4n) is 2.94. The van der Waals surface area contributed by atoms with E-state index >= 15 is 0 Å². The van der Waals surface area contributed by atoms with Gasteiger partial charge in [0.15, 0.2) is 5.82 Å². The van der Waals surface area contributed by atoms with Gasteiger partial charge >= 0.3 is 0 Å². The summed E-state index contributed by atoms with van der Waals surface area (Å²) in [7, 11) is 2.16. The van der Waals surface area contributed by atoms with E-state index in [0.29, 0.717) is 5.82 Å².